The van der Waals surface area contributed by atoms with Gasteiger partial charge in [-0.15, -0.1) is 0 Å². The third kappa shape index (κ3) is 2.02. The van der Waals surface area contributed by atoms with Crippen LogP contribution in [0.25, 0.3) is 0 Å². The molecule has 1 rings (SSSR count). The summed E-state index contributed by atoms with van der Waals surface area (Å²) in [4.78, 5) is -0.495. The van der Waals surface area contributed by atoms with Crippen molar-refractivity contribution in [3.63, 3.8) is 0 Å². The van der Waals surface area contributed by atoms with Crippen LogP contribution < -0.4 is 0 Å². The quantitative estimate of drug-likeness (QED) is 0.686. The highest BCUT2D eigenvalue weighted by Crippen LogP contribution is 2.13. The van der Waals surface area contributed by atoms with Gasteiger partial charge in [0.05, 0.1) is 10.5 Å². The normalized spacial score (nSPS) is 10.8. The van der Waals surface area contributed by atoms with Gasteiger partial charge in [0, 0.05) is 0 Å². The van der Waals surface area contributed by atoms with E-state index in [4.69, 9.17) is 9.81 Å². The predicted molar refractivity (Wildman–Crippen MR) is 40.9 cm³/mol. The minimum absolute atomic E-state index is 0.421. The Morgan fingerprint density at radius 3 is 2.54 bits per heavy atom. The second kappa shape index (κ2) is 3.12. The van der Waals surface area contributed by atoms with Gasteiger partial charge in [-0.25, -0.2) is 4.39 Å². The molecule has 0 unspecified atom stereocenters. The van der Waals surface area contributed by atoms with Crippen molar-refractivity contribution < 1.29 is 17.4 Å². The summed E-state index contributed by atoms with van der Waals surface area (Å²) in [6.45, 7) is 0. The molecule has 6 heteroatoms. The molecule has 0 fully saturated rings. The van der Waals surface area contributed by atoms with Gasteiger partial charge in [0.1, 0.15) is 11.9 Å². The molecule has 0 atom stereocenters. The maximum atomic E-state index is 12.7. The van der Waals surface area contributed by atoms with Crippen molar-refractivity contribution in [3.05, 3.63) is 29.6 Å². The van der Waals surface area contributed by atoms with Gasteiger partial charge in [0.15, 0.2) is 0 Å². The molecule has 13 heavy (non-hydrogen) atoms. The smallest absolute Gasteiger partial charge is 0.282 e. The molecule has 1 aromatic carbocycles. The van der Waals surface area contributed by atoms with Crippen LogP contribution in [0, 0.1) is 17.1 Å². The number of nitrogens with zero attached hydrogens (tertiary/aromatic N) is 1. The zero-order valence-electron chi connectivity index (χ0n) is 6.23. The van der Waals surface area contributed by atoms with Crippen LogP contribution >= 0.6 is 0 Å². The maximum absolute atomic E-state index is 12.7. The minimum atomic E-state index is -4.37. The van der Waals surface area contributed by atoms with Crippen LogP contribution in [0.15, 0.2) is 23.1 Å². The first-order chi connectivity index (χ1) is 5.95. The molecular formula is C7H4FNO3S. The molecule has 0 aliphatic heterocycles. The Kier molecular flexibility index (Phi) is 2.32. The second-order valence-corrected chi connectivity index (χ2v) is 3.65. The Bertz CT molecular complexity index is 475. The van der Waals surface area contributed by atoms with Crippen LogP contribution in [0.5, 0.6) is 0 Å². The Morgan fingerprint density at radius 2 is 2.08 bits per heavy atom. The molecule has 1 aromatic rings. The molecule has 4 nitrogen and oxygen atoms in total. The van der Waals surface area contributed by atoms with Gasteiger partial charge >= 0.3 is 0 Å². The number of rotatable bonds is 1. The lowest BCUT2D eigenvalue weighted by Crippen LogP contribution is -1.99. The van der Waals surface area contributed by atoms with Gasteiger partial charge in [-0.1, -0.05) is 0 Å². The first-order valence-corrected chi connectivity index (χ1v) is 4.56. The molecule has 1 N–H and O–H groups in total. The van der Waals surface area contributed by atoms with E-state index in [9.17, 15) is 12.8 Å². The van der Waals surface area contributed by atoms with Crippen molar-refractivity contribution in [2.75, 3.05) is 0 Å². The summed E-state index contributed by atoms with van der Waals surface area (Å²) in [5.74, 6) is -0.824. The van der Waals surface area contributed by atoms with Crippen molar-refractivity contribution in [3.8, 4) is 6.07 Å². The van der Waals surface area contributed by atoms with E-state index in [0.29, 0.717) is 0 Å². The van der Waals surface area contributed by atoms with E-state index in [0.717, 1.165) is 18.2 Å². The molecule has 0 aromatic heterocycles. The van der Waals surface area contributed by atoms with Gasteiger partial charge in [0.2, 0.25) is 0 Å². The average Bonchev–Trinajstić information content (AvgIpc) is 2.03. The first-order valence-electron chi connectivity index (χ1n) is 3.12. The van der Waals surface area contributed by atoms with Crippen molar-refractivity contribution in [2.45, 2.75) is 4.90 Å². The van der Waals surface area contributed by atoms with Crippen molar-refractivity contribution >= 4 is 10.1 Å². The number of hydrogen-bond donors (Lipinski definition) is 1. The number of halogens is 1. The largest absolute Gasteiger partial charge is 0.294 e. The molecule has 0 heterocycles. The van der Waals surface area contributed by atoms with Gasteiger partial charge in [-0.3, -0.25) is 4.55 Å². The number of nitriles is 1. The van der Waals surface area contributed by atoms with Crippen LogP contribution in [0.1, 0.15) is 5.56 Å². The molecule has 0 saturated heterocycles. The van der Waals surface area contributed by atoms with Crippen molar-refractivity contribution in [1.29, 1.82) is 5.26 Å². The van der Waals surface area contributed by atoms with E-state index in [2.05, 4.69) is 0 Å². The Hall–Kier alpha value is -1.45. The van der Waals surface area contributed by atoms with Crippen LogP contribution in [-0.2, 0) is 10.1 Å². The molecular weight excluding hydrogens is 197 g/mol. The molecule has 0 radical (unpaired) electrons. The Labute approximate surface area is 74.0 Å². The molecule has 0 amide bonds. The summed E-state index contributed by atoms with van der Waals surface area (Å²) in [6.07, 6.45) is 0. The highest BCUT2D eigenvalue weighted by molar-refractivity contribution is 7.85. The average molecular weight is 201 g/mol. The topological polar surface area (TPSA) is 78.2 Å². The van der Waals surface area contributed by atoms with Crippen LogP contribution in [-0.4, -0.2) is 13.0 Å². The van der Waals surface area contributed by atoms with Gasteiger partial charge in [-0.2, -0.15) is 13.7 Å². The van der Waals surface area contributed by atoms with Crippen molar-refractivity contribution in [2.24, 2.45) is 0 Å². The summed E-state index contributed by atoms with van der Waals surface area (Å²) in [6, 6.07) is 3.91. The standard InChI is InChI=1S/C7H4FNO3S/c8-7-2-1-6(13(10,11)12)3-5(7)4-9/h1-3H,(H,10,11,12). The molecule has 0 bridgehead atoms. The third-order valence-corrected chi connectivity index (χ3v) is 2.21. The second-order valence-electron chi connectivity index (χ2n) is 2.23. The fraction of sp³-hybridized carbons (Fsp3) is 0. The molecule has 0 aliphatic rings. The highest BCUT2D eigenvalue weighted by Gasteiger charge is 2.12. The molecule has 0 saturated carbocycles. The van der Waals surface area contributed by atoms with E-state index in [-0.39, 0.29) is 0 Å². The summed E-state index contributed by atoms with van der Waals surface area (Å²) >= 11 is 0. The summed E-state index contributed by atoms with van der Waals surface area (Å²) in [5.41, 5.74) is -0.421. The van der Waals surface area contributed by atoms with Crippen LogP contribution in [0.2, 0.25) is 0 Å². The first kappa shape index (κ1) is 9.64. The van der Waals surface area contributed by atoms with Crippen LogP contribution in [0.4, 0.5) is 4.39 Å². The fourth-order valence-corrected chi connectivity index (χ4v) is 1.26. The van der Waals surface area contributed by atoms with Crippen LogP contribution in [0.3, 0.4) is 0 Å². The van der Waals surface area contributed by atoms with E-state index in [1.807, 2.05) is 0 Å². The fourth-order valence-electron chi connectivity index (χ4n) is 0.751. The molecule has 0 spiro atoms. The highest BCUT2D eigenvalue weighted by atomic mass is 32.2. The zero-order chi connectivity index (χ0) is 10.1. The van der Waals surface area contributed by atoms with E-state index in [1.54, 1.807) is 0 Å². The van der Waals surface area contributed by atoms with Gasteiger partial charge in [0.25, 0.3) is 10.1 Å². The monoisotopic (exact) mass is 201 g/mol. The van der Waals surface area contributed by atoms with E-state index >= 15 is 0 Å². The van der Waals surface area contributed by atoms with Gasteiger partial charge < -0.3 is 0 Å². The molecule has 0 aliphatic carbocycles. The zero-order valence-corrected chi connectivity index (χ0v) is 7.05. The van der Waals surface area contributed by atoms with E-state index in [1.165, 1.54) is 6.07 Å². The van der Waals surface area contributed by atoms with E-state index < -0.39 is 26.4 Å². The van der Waals surface area contributed by atoms with Gasteiger partial charge in [-0.05, 0) is 18.2 Å². The maximum Gasteiger partial charge on any atom is 0.294 e. The molecule has 68 valence electrons. The Morgan fingerprint density at radius 1 is 1.46 bits per heavy atom. The number of hydrogen-bond acceptors (Lipinski definition) is 3. The third-order valence-electron chi connectivity index (χ3n) is 1.36. The number of benzene rings is 1. The lowest BCUT2D eigenvalue weighted by atomic mass is 10.2. The predicted octanol–water partition coefficient (Wildman–Crippen LogP) is 0.944. The summed E-state index contributed by atoms with van der Waals surface area (Å²) in [5, 5.41) is 8.34. The summed E-state index contributed by atoms with van der Waals surface area (Å²) in [7, 11) is -4.37. The Balaban J connectivity index is 3.41. The van der Waals surface area contributed by atoms with Crippen molar-refractivity contribution in [1.82, 2.24) is 0 Å². The minimum Gasteiger partial charge on any atom is -0.282 e. The SMILES string of the molecule is N#Cc1cc(S(=O)(=O)O)ccc1F. The lowest BCUT2D eigenvalue weighted by Gasteiger charge is -1.97. The summed E-state index contributed by atoms with van der Waals surface area (Å²) < 4.78 is 42.3. The lowest BCUT2D eigenvalue weighted by molar-refractivity contribution is 0.483.